The van der Waals surface area contributed by atoms with Gasteiger partial charge in [-0.2, -0.15) is 0 Å². The minimum atomic E-state index is -1.64. The van der Waals surface area contributed by atoms with Crippen LogP contribution in [0.1, 0.15) is 271 Å². The number of likely N-dealkylation sites (N-methyl/N-ethyl adjacent to an activating group) is 1. The number of carboxylic acid groups (broad SMARTS) is 1. The van der Waals surface area contributed by atoms with Crippen LogP contribution in [0.5, 0.6) is 0 Å². The van der Waals surface area contributed by atoms with E-state index in [1.165, 1.54) is 122 Å². The summed E-state index contributed by atoms with van der Waals surface area (Å²) >= 11 is 0. The second-order valence-corrected chi connectivity index (χ2v) is 24.1. The first-order chi connectivity index (χ1) is 42.6. The van der Waals surface area contributed by atoms with E-state index in [0.29, 0.717) is 17.4 Å². The fourth-order valence-corrected chi connectivity index (χ4v) is 9.24. The zero-order valence-corrected chi connectivity index (χ0v) is 56.3. The van der Waals surface area contributed by atoms with Crippen molar-refractivity contribution in [3.63, 3.8) is 0 Å². The van der Waals surface area contributed by atoms with Crippen molar-refractivity contribution in [1.82, 2.24) is 0 Å². The average Bonchev–Trinajstić information content (AvgIpc) is 3.56. The van der Waals surface area contributed by atoms with Gasteiger partial charge in [-0.05, 0) is 122 Å². The molecule has 0 fully saturated rings. The third-order valence-electron chi connectivity index (χ3n) is 14.6. The van der Waals surface area contributed by atoms with Gasteiger partial charge in [-0.3, -0.25) is 9.59 Å². The van der Waals surface area contributed by atoms with Crippen LogP contribution in [0.4, 0.5) is 0 Å². The lowest BCUT2D eigenvalue weighted by Gasteiger charge is -2.26. The summed E-state index contributed by atoms with van der Waals surface area (Å²) < 4.78 is 22.8. The smallest absolute Gasteiger partial charge is 0.306 e. The first-order valence-corrected chi connectivity index (χ1v) is 35.0. The molecular weight excluding hydrogens is 1080 g/mol. The van der Waals surface area contributed by atoms with Gasteiger partial charge in [0.2, 0.25) is 0 Å². The van der Waals surface area contributed by atoms with E-state index in [4.69, 9.17) is 18.9 Å². The van der Waals surface area contributed by atoms with E-state index < -0.39 is 24.3 Å². The van der Waals surface area contributed by atoms with Gasteiger partial charge in [0, 0.05) is 12.8 Å². The van der Waals surface area contributed by atoms with E-state index in [0.717, 1.165) is 116 Å². The number of aliphatic carboxylic acids is 1. The highest BCUT2D eigenvalue weighted by molar-refractivity contribution is 5.70. The number of carbonyl (C=O) groups excluding carboxylic acids is 3. The van der Waals surface area contributed by atoms with Crippen molar-refractivity contribution in [3.05, 3.63) is 146 Å². The summed E-state index contributed by atoms with van der Waals surface area (Å²) in [4.78, 5) is 37.5. The molecule has 0 radical (unpaired) electrons. The molecule has 9 nitrogen and oxygen atoms in total. The third kappa shape index (κ3) is 68.5. The van der Waals surface area contributed by atoms with E-state index in [-0.39, 0.29) is 38.6 Å². The van der Waals surface area contributed by atoms with Gasteiger partial charge in [0.25, 0.3) is 0 Å². The normalized spacial score (nSPS) is 13.6. The number of hydrogen-bond donors (Lipinski definition) is 0. The van der Waals surface area contributed by atoms with Crippen LogP contribution < -0.4 is 5.11 Å². The molecular formula is C78H129NO8. The third-order valence-corrected chi connectivity index (χ3v) is 14.6. The quantitative estimate of drug-likeness (QED) is 0.0195. The van der Waals surface area contributed by atoms with Gasteiger partial charge in [-0.15, -0.1) is 0 Å². The molecule has 0 aliphatic carbocycles. The zero-order valence-electron chi connectivity index (χ0n) is 56.3. The van der Waals surface area contributed by atoms with Gasteiger partial charge in [-0.1, -0.05) is 282 Å². The second-order valence-electron chi connectivity index (χ2n) is 24.1. The van der Waals surface area contributed by atoms with Crippen LogP contribution in [-0.2, 0) is 33.3 Å². The predicted molar refractivity (Wildman–Crippen MR) is 370 cm³/mol. The molecule has 2 unspecified atom stereocenters. The van der Waals surface area contributed by atoms with Gasteiger partial charge in [0.05, 0.1) is 40.3 Å². The van der Waals surface area contributed by atoms with Gasteiger partial charge in [0.1, 0.15) is 13.2 Å². The minimum Gasteiger partial charge on any atom is -0.545 e. The maximum atomic E-state index is 12.9. The lowest BCUT2D eigenvalue weighted by molar-refractivity contribution is -0.870. The molecule has 87 heavy (non-hydrogen) atoms. The van der Waals surface area contributed by atoms with Crippen LogP contribution in [0, 0.1) is 0 Å². The summed E-state index contributed by atoms with van der Waals surface area (Å²) in [5.74, 6) is -2.31. The molecule has 0 saturated heterocycles. The summed E-state index contributed by atoms with van der Waals surface area (Å²) in [6, 6.07) is 0. The van der Waals surface area contributed by atoms with Crippen molar-refractivity contribution in [2.75, 3.05) is 47.5 Å². The molecule has 0 amide bonds. The summed E-state index contributed by atoms with van der Waals surface area (Å²) in [6.07, 6.45) is 94.9. The fourth-order valence-electron chi connectivity index (χ4n) is 9.24. The first kappa shape index (κ1) is 82.2. The van der Waals surface area contributed by atoms with Crippen molar-refractivity contribution < 1.29 is 42.9 Å². The van der Waals surface area contributed by atoms with Crippen molar-refractivity contribution in [2.24, 2.45) is 0 Å². The molecule has 9 heteroatoms. The maximum absolute atomic E-state index is 12.9. The number of allylic oxidation sites excluding steroid dienone is 24. The van der Waals surface area contributed by atoms with Crippen LogP contribution in [0.2, 0.25) is 0 Å². The highest BCUT2D eigenvalue weighted by Gasteiger charge is 2.22. The number of nitrogens with zero attached hydrogens (tertiary/aromatic N) is 1. The van der Waals surface area contributed by atoms with E-state index in [1.807, 2.05) is 21.1 Å². The molecule has 0 saturated carbocycles. The van der Waals surface area contributed by atoms with Crippen LogP contribution in [0.15, 0.2) is 146 Å². The molecule has 0 aromatic carbocycles. The Morgan fingerprint density at radius 2 is 0.655 bits per heavy atom. The average molecular weight is 1210 g/mol. The van der Waals surface area contributed by atoms with Crippen molar-refractivity contribution in [3.8, 4) is 0 Å². The van der Waals surface area contributed by atoms with Crippen LogP contribution in [-0.4, -0.2) is 82.3 Å². The van der Waals surface area contributed by atoms with E-state index in [2.05, 4.69) is 160 Å². The molecule has 0 aromatic heterocycles. The summed E-state index contributed by atoms with van der Waals surface area (Å²) in [5.41, 5.74) is 0. The topological polar surface area (TPSA) is 111 Å². The van der Waals surface area contributed by atoms with E-state index in [1.54, 1.807) is 0 Å². The van der Waals surface area contributed by atoms with Crippen LogP contribution >= 0.6 is 0 Å². The Morgan fingerprint density at radius 1 is 0.356 bits per heavy atom. The molecule has 494 valence electrons. The summed E-state index contributed by atoms with van der Waals surface area (Å²) in [5, 5.41) is 11.8. The number of rotatable bonds is 63. The Morgan fingerprint density at radius 3 is 0.977 bits per heavy atom. The molecule has 2 atom stereocenters. The Kier molecular flexibility index (Phi) is 63.4. The Hall–Kier alpha value is -4.83. The first-order valence-electron chi connectivity index (χ1n) is 35.0. The number of ether oxygens (including phenoxy) is 4. The Bertz CT molecular complexity index is 1940. The molecule has 0 rings (SSSR count). The highest BCUT2D eigenvalue weighted by atomic mass is 16.7. The number of quaternary nitrogens is 1. The Balaban J connectivity index is 4.22. The van der Waals surface area contributed by atoms with Gasteiger partial charge >= 0.3 is 11.9 Å². The fraction of sp³-hybridized carbons (Fsp3) is 0.654. The zero-order chi connectivity index (χ0) is 63.3. The van der Waals surface area contributed by atoms with Crippen LogP contribution in [0.25, 0.3) is 0 Å². The SMILES string of the molecule is CC/C=C\C/C=C\C/C=C\C/C=C\C/C=C\C/C=C\C/C=C\C/C=C\C/C=C\CCCCCCCCCC(=O)OC(COC(=O)CCCCCCCCCCCCCC/C=C\C/C=C\C/C=C\CCCCCCC)COC(OCC[N+](C)(C)C)C(=O)[O-]. The standard InChI is InChI=1S/C78H129NO8/c1-6-8-10-12-14-16-18-20-22-24-26-28-30-32-34-35-36-37-38-39-40-41-43-45-47-49-51-53-55-57-59-61-63-65-67-69-76(81)87-74(73-86-78(77(82)83)84-71-70-79(3,4)5)72-85-75(80)68-66-64-62-60-58-56-54-52-50-48-46-44-42-33-31-29-27-25-23-21-19-17-15-13-11-9-7-2/h8,10,14,16,19-22,25-28,31-34,36-37,39-40,43,45,49,51,74,78H,6-7,9,11-13,15,17-18,23-24,29-30,35,38,41-42,44,46-48,50,52-73H2,1-5H3/b10-8-,16-14-,21-19-,22-20-,27-25-,28-26-,33-31-,34-32-,37-36-,40-39-,45-43-,51-49-. The lowest BCUT2D eigenvalue weighted by Crippen LogP contribution is -2.44. The van der Waals surface area contributed by atoms with E-state index in [9.17, 15) is 19.5 Å². The van der Waals surface area contributed by atoms with Crippen LogP contribution in [0.3, 0.4) is 0 Å². The number of esters is 2. The molecule has 0 aliphatic rings. The lowest BCUT2D eigenvalue weighted by atomic mass is 10.0. The van der Waals surface area contributed by atoms with Crippen molar-refractivity contribution in [1.29, 1.82) is 0 Å². The number of unbranched alkanes of at least 4 members (excludes halogenated alkanes) is 24. The molecule has 0 aliphatic heterocycles. The number of hydrogen-bond acceptors (Lipinski definition) is 8. The monoisotopic (exact) mass is 1210 g/mol. The number of carbonyl (C=O) groups is 3. The van der Waals surface area contributed by atoms with Crippen molar-refractivity contribution >= 4 is 17.9 Å². The minimum absolute atomic E-state index is 0.138. The van der Waals surface area contributed by atoms with E-state index >= 15 is 0 Å². The second kappa shape index (κ2) is 67.1. The predicted octanol–water partition coefficient (Wildman–Crippen LogP) is 20.6. The van der Waals surface area contributed by atoms with Crippen molar-refractivity contribution in [2.45, 2.75) is 283 Å². The Labute approximate surface area is 534 Å². The summed E-state index contributed by atoms with van der Waals surface area (Å²) in [7, 11) is 5.92. The van der Waals surface area contributed by atoms with Gasteiger partial charge in [0.15, 0.2) is 12.4 Å². The number of carboxylic acids is 1. The van der Waals surface area contributed by atoms with Gasteiger partial charge < -0.3 is 33.3 Å². The summed E-state index contributed by atoms with van der Waals surface area (Å²) in [6.45, 7) is 4.61. The highest BCUT2D eigenvalue weighted by Crippen LogP contribution is 2.16. The molecule has 0 N–H and O–H groups in total. The van der Waals surface area contributed by atoms with Gasteiger partial charge in [-0.25, -0.2) is 0 Å². The largest absolute Gasteiger partial charge is 0.545 e. The maximum Gasteiger partial charge on any atom is 0.306 e. The molecule has 0 bridgehead atoms. The molecule has 0 spiro atoms. The molecule has 0 heterocycles. The molecule has 0 aromatic rings.